The van der Waals surface area contributed by atoms with E-state index in [-0.39, 0.29) is 24.6 Å². The van der Waals surface area contributed by atoms with E-state index in [1.54, 1.807) is 4.90 Å². The second kappa shape index (κ2) is 8.37. The first-order valence-corrected chi connectivity index (χ1v) is 11.5. The molecule has 0 spiro atoms. The number of amides is 1. The quantitative estimate of drug-likeness (QED) is 0.499. The van der Waals surface area contributed by atoms with Crippen molar-refractivity contribution in [3.63, 3.8) is 0 Å². The zero-order valence-corrected chi connectivity index (χ0v) is 18.4. The predicted octanol–water partition coefficient (Wildman–Crippen LogP) is 5.77. The molecular formula is C28H23F2NO3. The highest BCUT2D eigenvalue weighted by molar-refractivity contribution is 5.79. The van der Waals surface area contributed by atoms with E-state index >= 15 is 0 Å². The lowest BCUT2D eigenvalue weighted by Crippen LogP contribution is -2.56. The summed E-state index contributed by atoms with van der Waals surface area (Å²) in [6.07, 6.45) is 1.87. The van der Waals surface area contributed by atoms with Gasteiger partial charge < -0.3 is 9.47 Å². The molecule has 2 atom stereocenters. The van der Waals surface area contributed by atoms with Gasteiger partial charge in [-0.25, -0.2) is 13.6 Å². The molecule has 2 unspecified atom stereocenters. The van der Waals surface area contributed by atoms with Gasteiger partial charge >= 0.3 is 6.09 Å². The first-order valence-electron chi connectivity index (χ1n) is 11.5. The summed E-state index contributed by atoms with van der Waals surface area (Å²) in [5, 5.41) is 0. The Morgan fingerprint density at radius 3 is 2.32 bits per heavy atom. The molecule has 1 fully saturated rings. The first kappa shape index (κ1) is 21.1. The molecule has 4 nitrogen and oxygen atoms in total. The number of morpholine rings is 1. The largest absolute Gasteiger partial charge is 0.448 e. The maximum atomic E-state index is 14.4. The highest BCUT2D eigenvalue weighted by Gasteiger charge is 2.40. The molecule has 34 heavy (non-hydrogen) atoms. The number of rotatable bonds is 3. The van der Waals surface area contributed by atoms with Gasteiger partial charge in [-0.05, 0) is 46.4 Å². The van der Waals surface area contributed by atoms with Crippen molar-refractivity contribution >= 4 is 11.7 Å². The number of ether oxygens (including phenoxy) is 2. The number of fused-ring (bicyclic) bond motifs is 5. The molecule has 2 aliphatic heterocycles. The van der Waals surface area contributed by atoms with Crippen LogP contribution in [-0.2, 0) is 9.47 Å². The van der Waals surface area contributed by atoms with Crippen LogP contribution in [0.1, 0.15) is 29.0 Å². The number of hydrogen-bond donors (Lipinski definition) is 0. The molecule has 172 valence electrons. The van der Waals surface area contributed by atoms with Crippen molar-refractivity contribution in [3.8, 4) is 11.1 Å². The van der Waals surface area contributed by atoms with Gasteiger partial charge in [0.15, 0.2) is 0 Å². The van der Waals surface area contributed by atoms with Crippen LogP contribution < -0.4 is 0 Å². The Kier molecular flexibility index (Phi) is 5.18. The Balaban J connectivity index is 1.23. The van der Waals surface area contributed by atoms with Gasteiger partial charge in [0.1, 0.15) is 18.2 Å². The van der Waals surface area contributed by atoms with E-state index < -0.39 is 17.7 Å². The maximum absolute atomic E-state index is 14.4. The summed E-state index contributed by atoms with van der Waals surface area (Å²) in [5.74, 6) is -1.22. The topological polar surface area (TPSA) is 38.8 Å². The molecule has 3 aromatic rings. The third-order valence-electron chi connectivity index (χ3n) is 7.02. The number of carbonyl (C=O) groups is 1. The van der Waals surface area contributed by atoms with Crippen LogP contribution in [0.5, 0.6) is 0 Å². The van der Waals surface area contributed by atoms with Crippen molar-refractivity contribution in [2.24, 2.45) is 0 Å². The zero-order valence-electron chi connectivity index (χ0n) is 18.4. The van der Waals surface area contributed by atoms with Crippen LogP contribution >= 0.6 is 0 Å². The molecule has 1 aliphatic carbocycles. The average Bonchev–Trinajstić information content (AvgIpc) is 3.15. The molecule has 0 aromatic heterocycles. The van der Waals surface area contributed by atoms with Crippen molar-refractivity contribution in [3.05, 3.63) is 101 Å². The van der Waals surface area contributed by atoms with Gasteiger partial charge in [0.05, 0.1) is 25.3 Å². The van der Waals surface area contributed by atoms with E-state index in [9.17, 15) is 13.6 Å². The molecule has 1 saturated heterocycles. The van der Waals surface area contributed by atoms with Crippen LogP contribution in [0.3, 0.4) is 0 Å². The van der Waals surface area contributed by atoms with Crippen LogP contribution in [0.15, 0.2) is 72.8 Å². The molecule has 6 rings (SSSR count). The standard InChI is InChI=1S/C28H23F2NO3/c29-18-9-10-21(27(30)13-18)17-11-19-14-33-15-20(12-17)31(19)28(32)34-16-26-24-7-3-1-5-22(24)23-6-2-4-8-25(23)26/h1-11,13,19-20,26H,12,14-16H2. The summed E-state index contributed by atoms with van der Waals surface area (Å²) in [6.45, 7) is 0.903. The summed E-state index contributed by atoms with van der Waals surface area (Å²) in [4.78, 5) is 15.0. The smallest absolute Gasteiger partial charge is 0.410 e. The second-order valence-electron chi connectivity index (χ2n) is 8.99. The normalized spacial score (nSPS) is 21.0. The van der Waals surface area contributed by atoms with E-state index in [4.69, 9.17) is 9.47 Å². The van der Waals surface area contributed by atoms with Crippen LogP contribution in [0, 0.1) is 11.6 Å². The fourth-order valence-corrected chi connectivity index (χ4v) is 5.50. The third kappa shape index (κ3) is 3.49. The second-order valence-corrected chi connectivity index (χ2v) is 8.99. The Morgan fingerprint density at radius 2 is 1.65 bits per heavy atom. The minimum Gasteiger partial charge on any atom is -0.448 e. The fourth-order valence-electron chi connectivity index (χ4n) is 5.50. The van der Waals surface area contributed by atoms with Crippen molar-refractivity contribution in [2.75, 3.05) is 19.8 Å². The summed E-state index contributed by atoms with van der Waals surface area (Å²) >= 11 is 0. The number of benzene rings is 3. The molecule has 3 aliphatic rings. The SMILES string of the molecule is O=C(OCC1c2ccccc2-c2ccccc21)N1C2C=C(c3ccc(F)cc3F)CC1COC2. The number of hydrogen-bond acceptors (Lipinski definition) is 3. The lowest BCUT2D eigenvalue weighted by Gasteiger charge is -2.44. The number of halogens is 2. The monoisotopic (exact) mass is 459 g/mol. The molecule has 1 amide bonds. The van der Waals surface area contributed by atoms with Gasteiger partial charge in [-0.3, -0.25) is 4.90 Å². The highest BCUT2D eigenvalue weighted by atomic mass is 19.1. The summed E-state index contributed by atoms with van der Waals surface area (Å²) in [7, 11) is 0. The molecular weight excluding hydrogens is 436 g/mol. The van der Waals surface area contributed by atoms with Crippen molar-refractivity contribution in [1.82, 2.24) is 4.90 Å². The lowest BCUT2D eigenvalue weighted by molar-refractivity contribution is -0.0331. The van der Waals surface area contributed by atoms with E-state index in [0.717, 1.165) is 22.8 Å². The predicted molar refractivity (Wildman–Crippen MR) is 124 cm³/mol. The Morgan fingerprint density at radius 1 is 0.941 bits per heavy atom. The van der Waals surface area contributed by atoms with Crippen LogP contribution in [0.4, 0.5) is 13.6 Å². The van der Waals surface area contributed by atoms with Gasteiger partial charge in [0, 0.05) is 17.5 Å². The van der Waals surface area contributed by atoms with Gasteiger partial charge in [-0.2, -0.15) is 0 Å². The summed E-state index contributed by atoms with van der Waals surface area (Å²) in [5.41, 5.74) is 5.80. The molecule has 3 aromatic carbocycles. The van der Waals surface area contributed by atoms with Crippen LogP contribution in [-0.4, -0.2) is 42.9 Å². The minimum absolute atomic E-state index is 0.0170. The van der Waals surface area contributed by atoms with Gasteiger partial charge in [-0.1, -0.05) is 54.6 Å². The lowest BCUT2D eigenvalue weighted by atomic mass is 9.90. The van der Waals surface area contributed by atoms with E-state index in [0.29, 0.717) is 25.2 Å². The molecule has 0 radical (unpaired) electrons. The number of carbonyl (C=O) groups excluding carboxylic acids is 1. The van der Waals surface area contributed by atoms with Gasteiger partial charge in [0.25, 0.3) is 0 Å². The van der Waals surface area contributed by atoms with Crippen molar-refractivity contribution < 1.29 is 23.0 Å². The molecule has 0 N–H and O–H groups in total. The molecule has 6 heteroatoms. The fraction of sp³-hybridized carbons (Fsp3) is 0.250. The van der Waals surface area contributed by atoms with Crippen molar-refractivity contribution in [1.29, 1.82) is 0 Å². The van der Waals surface area contributed by atoms with E-state index in [1.165, 1.54) is 23.3 Å². The first-order chi connectivity index (χ1) is 16.6. The molecule has 0 saturated carbocycles. The van der Waals surface area contributed by atoms with Gasteiger partial charge in [0.2, 0.25) is 0 Å². The van der Waals surface area contributed by atoms with Crippen LogP contribution in [0.2, 0.25) is 0 Å². The Labute approximate surface area is 196 Å². The van der Waals surface area contributed by atoms with Crippen molar-refractivity contribution in [2.45, 2.75) is 24.4 Å². The average molecular weight is 459 g/mol. The van der Waals surface area contributed by atoms with Crippen LogP contribution in [0.25, 0.3) is 16.7 Å². The summed E-state index contributed by atoms with van der Waals surface area (Å²) < 4.78 is 39.3. The minimum atomic E-state index is -0.610. The number of nitrogens with zero attached hydrogens (tertiary/aromatic N) is 1. The molecule has 2 heterocycles. The third-order valence-corrected chi connectivity index (χ3v) is 7.02. The van der Waals surface area contributed by atoms with E-state index in [1.807, 2.05) is 30.3 Å². The van der Waals surface area contributed by atoms with Gasteiger partial charge in [-0.15, -0.1) is 0 Å². The summed E-state index contributed by atoms with van der Waals surface area (Å²) in [6, 6.07) is 19.4. The van der Waals surface area contributed by atoms with E-state index in [2.05, 4.69) is 24.3 Å². The molecule has 2 bridgehead atoms. The zero-order chi connectivity index (χ0) is 23.2. The maximum Gasteiger partial charge on any atom is 0.410 e. The Bertz CT molecular complexity index is 1260. The highest BCUT2D eigenvalue weighted by Crippen LogP contribution is 2.44. The Hall–Kier alpha value is -3.51.